The first kappa shape index (κ1) is 20.6. The number of halogens is 5. The summed E-state index contributed by atoms with van der Waals surface area (Å²) in [5.74, 6) is -0.289. The quantitative estimate of drug-likeness (QED) is 0.456. The molecule has 2 aromatic carbocycles. The van der Waals surface area contributed by atoms with Gasteiger partial charge in [-0.05, 0) is 47.9 Å². The van der Waals surface area contributed by atoms with E-state index in [9.17, 15) is 18.0 Å². The van der Waals surface area contributed by atoms with Gasteiger partial charge in [0.15, 0.2) is 0 Å². The molecular weight excluding hydrogens is 392 g/mol. The van der Waals surface area contributed by atoms with E-state index >= 15 is 0 Å². The van der Waals surface area contributed by atoms with E-state index < -0.39 is 29.3 Å². The summed E-state index contributed by atoms with van der Waals surface area (Å²) in [6, 6.07) is 8.30. The Morgan fingerprint density at radius 3 is 2.50 bits per heavy atom. The second-order valence-corrected chi connectivity index (χ2v) is 6.23. The molecule has 3 nitrogen and oxygen atoms in total. The van der Waals surface area contributed by atoms with Crippen LogP contribution in [0, 0.1) is 0 Å². The van der Waals surface area contributed by atoms with Gasteiger partial charge < -0.3 is 9.47 Å². The lowest BCUT2D eigenvalue weighted by atomic mass is 10.1. The smallest absolute Gasteiger partial charge is 0.417 e. The number of hydrogen-bond acceptors (Lipinski definition) is 3. The fraction of sp³-hybridized carbons (Fsp3) is 0.278. The summed E-state index contributed by atoms with van der Waals surface area (Å²) >= 11 is 11.4. The van der Waals surface area contributed by atoms with Gasteiger partial charge in [0, 0.05) is 5.02 Å². The van der Waals surface area contributed by atoms with Gasteiger partial charge >= 0.3 is 12.1 Å². The van der Waals surface area contributed by atoms with Gasteiger partial charge in [-0.25, -0.2) is 4.79 Å². The average molecular weight is 407 g/mol. The number of rotatable bonds is 6. The first-order valence-electron chi connectivity index (χ1n) is 7.63. The normalized spacial score (nSPS) is 11.5. The number of benzene rings is 2. The molecule has 0 unspecified atom stereocenters. The number of carbonyl (C=O) groups excluding carboxylic acids is 1. The number of ether oxygens (including phenoxy) is 2. The first-order valence-corrected chi connectivity index (χ1v) is 8.38. The summed E-state index contributed by atoms with van der Waals surface area (Å²) < 4.78 is 48.8. The van der Waals surface area contributed by atoms with Crippen molar-refractivity contribution in [1.82, 2.24) is 0 Å². The van der Waals surface area contributed by atoms with Crippen molar-refractivity contribution in [2.24, 2.45) is 0 Å². The molecule has 0 fully saturated rings. The van der Waals surface area contributed by atoms with E-state index in [2.05, 4.69) is 0 Å². The van der Waals surface area contributed by atoms with E-state index in [1.54, 1.807) is 18.2 Å². The Morgan fingerprint density at radius 1 is 1.12 bits per heavy atom. The molecule has 0 aliphatic carbocycles. The van der Waals surface area contributed by atoms with Crippen LogP contribution in [0.15, 0.2) is 36.4 Å². The molecule has 8 heteroatoms. The van der Waals surface area contributed by atoms with Gasteiger partial charge in [-0.2, -0.15) is 13.2 Å². The number of alkyl halides is 3. The fourth-order valence-electron chi connectivity index (χ4n) is 2.21. The van der Waals surface area contributed by atoms with Crippen LogP contribution in [0.25, 0.3) is 0 Å². The van der Waals surface area contributed by atoms with Crippen LogP contribution in [-0.4, -0.2) is 12.6 Å². The van der Waals surface area contributed by atoms with Gasteiger partial charge in [0.1, 0.15) is 12.4 Å². The molecule has 0 saturated heterocycles. The summed E-state index contributed by atoms with van der Waals surface area (Å²) in [5, 5.41) is 0.136. The lowest BCUT2D eigenvalue weighted by Gasteiger charge is -2.12. The molecule has 0 aliphatic rings. The molecule has 0 saturated carbocycles. The standard InChI is InChI=1S/C18H15Cl2F3O3/c1-2-12-8-13(19)4-6-16(12)26-17(24)10-25-9-11-3-5-15(20)14(7-11)18(21,22)23/h3-8H,2,9-10H2,1H3. The first-order chi connectivity index (χ1) is 12.2. The van der Waals surface area contributed by atoms with Crippen LogP contribution in [0.4, 0.5) is 13.2 Å². The minimum absolute atomic E-state index is 0.184. The molecule has 0 N–H and O–H groups in total. The molecule has 140 valence electrons. The highest BCUT2D eigenvalue weighted by Crippen LogP contribution is 2.35. The van der Waals surface area contributed by atoms with E-state index in [-0.39, 0.29) is 12.2 Å². The molecule has 0 bridgehead atoms. The third-order valence-electron chi connectivity index (χ3n) is 3.45. The summed E-state index contributed by atoms with van der Waals surface area (Å²) in [4.78, 5) is 11.9. The monoisotopic (exact) mass is 406 g/mol. The molecule has 0 heterocycles. The van der Waals surface area contributed by atoms with E-state index in [0.29, 0.717) is 17.2 Å². The average Bonchev–Trinajstić information content (AvgIpc) is 2.57. The number of carbonyl (C=O) groups is 1. The van der Waals surface area contributed by atoms with Crippen molar-refractivity contribution in [1.29, 1.82) is 0 Å². The third kappa shape index (κ3) is 5.62. The van der Waals surface area contributed by atoms with E-state index in [1.807, 2.05) is 6.92 Å². The van der Waals surface area contributed by atoms with Gasteiger partial charge in [0.25, 0.3) is 0 Å². The maximum absolute atomic E-state index is 12.8. The Balaban J connectivity index is 1.93. The van der Waals surface area contributed by atoms with E-state index in [1.165, 1.54) is 6.07 Å². The minimum atomic E-state index is -4.56. The van der Waals surface area contributed by atoms with E-state index in [0.717, 1.165) is 17.7 Å². The van der Waals surface area contributed by atoms with Crippen LogP contribution < -0.4 is 4.74 Å². The number of hydrogen-bond donors (Lipinski definition) is 0. The maximum atomic E-state index is 12.8. The molecule has 0 amide bonds. The Bertz CT molecular complexity index is 792. The van der Waals surface area contributed by atoms with Crippen molar-refractivity contribution in [3.05, 3.63) is 63.1 Å². The summed E-state index contributed by atoms with van der Waals surface area (Å²) in [6.07, 6.45) is -3.94. The number of aryl methyl sites for hydroxylation is 1. The molecule has 0 radical (unpaired) electrons. The summed E-state index contributed by atoms with van der Waals surface area (Å²) in [6.45, 7) is 1.30. The molecule has 2 aromatic rings. The van der Waals surface area contributed by atoms with Crippen LogP contribution >= 0.6 is 23.2 Å². The van der Waals surface area contributed by atoms with Gasteiger partial charge in [0.2, 0.25) is 0 Å². The van der Waals surface area contributed by atoms with Crippen molar-refractivity contribution < 1.29 is 27.4 Å². The van der Waals surface area contributed by atoms with Crippen molar-refractivity contribution >= 4 is 29.2 Å². The third-order valence-corrected chi connectivity index (χ3v) is 4.02. The van der Waals surface area contributed by atoms with Gasteiger partial charge in [-0.1, -0.05) is 36.2 Å². The Labute approximate surface area is 158 Å². The zero-order valence-corrected chi connectivity index (χ0v) is 15.2. The highest BCUT2D eigenvalue weighted by atomic mass is 35.5. The molecular formula is C18H15Cl2F3O3. The van der Waals surface area contributed by atoms with Crippen molar-refractivity contribution in [3.8, 4) is 5.75 Å². The second-order valence-electron chi connectivity index (χ2n) is 5.38. The number of esters is 1. The molecule has 0 atom stereocenters. The Kier molecular flexibility index (Phi) is 6.92. The van der Waals surface area contributed by atoms with Gasteiger partial charge in [-0.15, -0.1) is 0 Å². The van der Waals surface area contributed by atoms with Crippen LogP contribution in [-0.2, 0) is 28.7 Å². The largest absolute Gasteiger partial charge is 0.425 e. The highest BCUT2D eigenvalue weighted by Gasteiger charge is 2.33. The molecule has 2 rings (SSSR count). The predicted molar refractivity (Wildman–Crippen MR) is 92.6 cm³/mol. The molecule has 26 heavy (non-hydrogen) atoms. The maximum Gasteiger partial charge on any atom is 0.417 e. The van der Waals surface area contributed by atoms with E-state index in [4.69, 9.17) is 32.7 Å². The van der Waals surface area contributed by atoms with Gasteiger partial charge in [-0.3, -0.25) is 0 Å². The Morgan fingerprint density at radius 2 is 1.85 bits per heavy atom. The zero-order chi connectivity index (χ0) is 19.3. The lowest BCUT2D eigenvalue weighted by Crippen LogP contribution is -2.16. The highest BCUT2D eigenvalue weighted by molar-refractivity contribution is 6.31. The molecule has 0 aliphatic heterocycles. The van der Waals surface area contributed by atoms with Crippen LogP contribution in [0.1, 0.15) is 23.6 Å². The second kappa shape index (κ2) is 8.75. The SMILES string of the molecule is CCc1cc(Cl)ccc1OC(=O)COCc1ccc(Cl)c(C(F)(F)F)c1. The fourth-order valence-corrected chi connectivity index (χ4v) is 2.63. The topological polar surface area (TPSA) is 35.5 Å². The van der Waals surface area contributed by atoms with Gasteiger partial charge in [0.05, 0.1) is 17.2 Å². The van der Waals surface area contributed by atoms with Crippen LogP contribution in [0.2, 0.25) is 10.0 Å². The Hall–Kier alpha value is -1.76. The van der Waals surface area contributed by atoms with Crippen molar-refractivity contribution in [3.63, 3.8) is 0 Å². The summed E-state index contributed by atoms with van der Waals surface area (Å²) in [5.41, 5.74) is 0.0604. The van der Waals surface area contributed by atoms with Crippen LogP contribution in [0.5, 0.6) is 5.75 Å². The molecule has 0 aromatic heterocycles. The van der Waals surface area contributed by atoms with Crippen LogP contribution in [0.3, 0.4) is 0 Å². The van der Waals surface area contributed by atoms with Crippen molar-refractivity contribution in [2.75, 3.05) is 6.61 Å². The summed E-state index contributed by atoms with van der Waals surface area (Å²) in [7, 11) is 0. The van der Waals surface area contributed by atoms with Crippen molar-refractivity contribution in [2.45, 2.75) is 26.1 Å². The zero-order valence-electron chi connectivity index (χ0n) is 13.7. The lowest BCUT2D eigenvalue weighted by molar-refractivity contribution is -0.140. The minimum Gasteiger partial charge on any atom is -0.425 e. The molecule has 0 spiro atoms. The predicted octanol–water partition coefficient (Wildman–Crippen LogP) is 5.70.